The molecule has 0 bridgehead atoms. The van der Waals surface area contributed by atoms with Crippen molar-refractivity contribution in [2.75, 3.05) is 13.1 Å². The first kappa shape index (κ1) is 16.3. The van der Waals surface area contributed by atoms with E-state index < -0.39 is 5.60 Å². The molecule has 5 nitrogen and oxygen atoms in total. The number of fused-ring (bicyclic) bond motifs is 1. The molecule has 0 unspecified atom stereocenters. The van der Waals surface area contributed by atoms with Crippen molar-refractivity contribution in [1.29, 1.82) is 0 Å². The molecule has 6 heteroatoms. The van der Waals surface area contributed by atoms with E-state index in [-0.39, 0.29) is 6.09 Å². The number of rotatable bonds is 2. The lowest BCUT2D eigenvalue weighted by atomic mass is 10.0. The molecule has 1 amide bonds. The maximum absolute atomic E-state index is 11.9. The number of halogens is 1. The highest BCUT2D eigenvalue weighted by molar-refractivity contribution is 9.10. The smallest absolute Gasteiger partial charge is 0.410 e. The van der Waals surface area contributed by atoms with Crippen molar-refractivity contribution < 1.29 is 9.53 Å². The van der Waals surface area contributed by atoms with E-state index in [1.807, 2.05) is 25.5 Å². The SMILES string of the molecule is Cc1cc2nn(CC3CN(C(=O)OC(C)(C)C)C3)cc2cc1Br. The lowest BCUT2D eigenvalue weighted by molar-refractivity contribution is -0.00381. The molecule has 124 valence electrons. The summed E-state index contributed by atoms with van der Waals surface area (Å²) in [4.78, 5) is 13.7. The minimum Gasteiger partial charge on any atom is -0.444 e. The highest BCUT2D eigenvalue weighted by atomic mass is 79.9. The molecule has 3 rings (SSSR count). The molecule has 2 aromatic rings. The van der Waals surface area contributed by atoms with E-state index in [1.165, 1.54) is 5.56 Å². The molecule has 1 aromatic heterocycles. The van der Waals surface area contributed by atoms with Gasteiger partial charge in [0.2, 0.25) is 0 Å². The van der Waals surface area contributed by atoms with Crippen molar-refractivity contribution in [3.05, 3.63) is 28.4 Å². The van der Waals surface area contributed by atoms with Crippen molar-refractivity contribution in [2.45, 2.75) is 39.8 Å². The van der Waals surface area contributed by atoms with Crippen LogP contribution in [0.3, 0.4) is 0 Å². The summed E-state index contributed by atoms with van der Waals surface area (Å²) in [7, 11) is 0. The van der Waals surface area contributed by atoms with Crippen molar-refractivity contribution in [1.82, 2.24) is 14.7 Å². The third kappa shape index (κ3) is 3.68. The van der Waals surface area contributed by atoms with Crippen LogP contribution in [0.4, 0.5) is 4.79 Å². The molecule has 23 heavy (non-hydrogen) atoms. The number of hydrogen-bond donors (Lipinski definition) is 0. The average molecular weight is 380 g/mol. The van der Waals surface area contributed by atoms with Crippen LogP contribution < -0.4 is 0 Å². The Labute approximate surface area is 144 Å². The van der Waals surface area contributed by atoms with Crippen molar-refractivity contribution in [3.63, 3.8) is 0 Å². The van der Waals surface area contributed by atoms with Gasteiger partial charge in [0, 0.05) is 41.6 Å². The molecule has 0 N–H and O–H groups in total. The summed E-state index contributed by atoms with van der Waals surface area (Å²) >= 11 is 3.55. The standard InChI is InChI=1S/C17H22BrN3O2/c1-11-5-15-13(6-14(11)18)10-21(19-15)9-12-7-20(8-12)16(22)23-17(2,3)4/h5-6,10,12H,7-9H2,1-4H3. The lowest BCUT2D eigenvalue weighted by Gasteiger charge is -2.39. The van der Waals surface area contributed by atoms with Crippen molar-refractivity contribution in [2.24, 2.45) is 5.92 Å². The number of carbonyl (C=O) groups is 1. The highest BCUT2D eigenvalue weighted by Gasteiger charge is 2.33. The Morgan fingerprint density at radius 1 is 1.39 bits per heavy atom. The first-order valence-corrected chi connectivity index (χ1v) is 8.62. The summed E-state index contributed by atoms with van der Waals surface area (Å²) in [5.74, 6) is 0.432. The maximum Gasteiger partial charge on any atom is 0.410 e. The predicted octanol–water partition coefficient (Wildman–Crippen LogP) is 3.97. The first-order chi connectivity index (χ1) is 10.7. The molecule has 1 aromatic carbocycles. The van der Waals surface area contributed by atoms with E-state index in [1.54, 1.807) is 4.90 Å². The topological polar surface area (TPSA) is 47.4 Å². The monoisotopic (exact) mass is 379 g/mol. The van der Waals surface area contributed by atoms with E-state index in [9.17, 15) is 4.79 Å². The second-order valence-electron chi connectivity index (χ2n) is 7.26. The van der Waals surface area contributed by atoms with E-state index in [0.29, 0.717) is 5.92 Å². The first-order valence-electron chi connectivity index (χ1n) is 7.82. The Morgan fingerprint density at radius 2 is 2.09 bits per heavy atom. The molecule has 0 spiro atoms. The van der Waals surface area contributed by atoms with Crippen molar-refractivity contribution >= 4 is 32.9 Å². The molecule has 0 atom stereocenters. The van der Waals surface area contributed by atoms with Gasteiger partial charge in [-0.1, -0.05) is 15.9 Å². The number of amides is 1. The Balaban J connectivity index is 1.59. The zero-order chi connectivity index (χ0) is 16.8. The average Bonchev–Trinajstić information content (AvgIpc) is 2.73. The Kier molecular flexibility index (Phi) is 4.12. The van der Waals surface area contributed by atoms with Crippen LogP contribution in [0, 0.1) is 12.8 Å². The van der Waals surface area contributed by atoms with Gasteiger partial charge in [-0.05, 0) is 45.4 Å². The van der Waals surface area contributed by atoms with Gasteiger partial charge in [0.1, 0.15) is 5.60 Å². The van der Waals surface area contributed by atoms with E-state index >= 15 is 0 Å². The van der Waals surface area contributed by atoms with Gasteiger partial charge in [-0.15, -0.1) is 0 Å². The molecule has 1 saturated heterocycles. The quantitative estimate of drug-likeness (QED) is 0.792. The number of aryl methyl sites for hydroxylation is 1. The van der Waals surface area contributed by atoms with Gasteiger partial charge in [-0.2, -0.15) is 5.10 Å². The number of likely N-dealkylation sites (tertiary alicyclic amines) is 1. The molecule has 1 aliphatic rings. The molecule has 1 aliphatic heterocycles. The fourth-order valence-corrected chi connectivity index (χ4v) is 3.08. The van der Waals surface area contributed by atoms with Crippen LogP contribution in [0.15, 0.2) is 22.8 Å². The lowest BCUT2D eigenvalue weighted by Crippen LogP contribution is -2.52. The number of nitrogens with zero attached hydrogens (tertiary/aromatic N) is 3. The summed E-state index contributed by atoms with van der Waals surface area (Å²) in [6, 6.07) is 4.19. The number of hydrogen-bond acceptors (Lipinski definition) is 3. The minimum atomic E-state index is -0.437. The maximum atomic E-state index is 11.9. The largest absolute Gasteiger partial charge is 0.444 e. The van der Waals surface area contributed by atoms with Gasteiger partial charge in [0.15, 0.2) is 0 Å². The summed E-state index contributed by atoms with van der Waals surface area (Å²) < 4.78 is 8.45. The van der Waals surface area contributed by atoms with Gasteiger partial charge in [-0.3, -0.25) is 4.68 Å². The number of benzene rings is 1. The number of aromatic nitrogens is 2. The zero-order valence-electron chi connectivity index (χ0n) is 14.0. The van der Waals surface area contributed by atoms with Gasteiger partial charge >= 0.3 is 6.09 Å². The van der Waals surface area contributed by atoms with Crippen LogP contribution in [0.5, 0.6) is 0 Å². The summed E-state index contributed by atoms with van der Waals surface area (Å²) in [6.07, 6.45) is 1.84. The normalized spacial score (nSPS) is 15.8. The fourth-order valence-electron chi connectivity index (χ4n) is 2.72. The van der Waals surface area contributed by atoms with Gasteiger partial charge in [-0.25, -0.2) is 4.79 Å². The van der Waals surface area contributed by atoms with Crippen LogP contribution in [0.25, 0.3) is 10.9 Å². The van der Waals surface area contributed by atoms with Crippen LogP contribution in [0.1, 0.15) is 26.3 Å². The van der Waals surface area contributed by atoms with Gasteiger partial charge in [0.25, 0.3) is 0 Å². The molecule has 1 fully saturated rings. The Hall–Kier alpha value is -1.56. The second kappa shape index (κ2) is 5.82. The van der Waals surface area contributed by atoms with Crippen LogP contribution in [-0.2, 0) is 11.3 Å². The second-order valence-corrected chi connectivity index (χ2v) is 8.12. The van der Waals surface area contributed by atoms with E-state index in [0.717, 1.165) is 35.0 Å². The molecular formula is C17H22BrN3O2. The number of ether oxygens (including phenoxy) is 1. The van der Waals surface area contributed by atoms with E-state index in [4.69, 9.17) is 4.74 Å². The molecule has 2 heterocycles. The summed E-state index contributed by atoms with van der Waals surface area (Å²) in [6.45, 7) is 10.0. The summed E-state index contributed by atoms with van der Waals surface area (Å²) in [5.41, 5.74) is 1.75. The third-order valence-corrected chi connectivity index (χ3v) is 4.74. The highest BCUT2D eigenvalue weighted by Crippen LogP contribution is 2.25. The van der Waals surface area contributed by atoms with Crippen molar-refractivity contribution in [3.8, 4) is 0 Å². The third-order valence-electron chi connectivity index (χ3n) is 3.89. The Morgan fingerprint density at radius 3 is 2.74 bits per heavy atom. The molecule has 0 radical (unpaired) electrons. The van der Waals surface area contributed by atoms with Gasteiger partial charge in [0.05, 0.1) is 5.52 Å². The van der Waals surface area contributed by atoms with Crippen LogP contribution in [-0.4, -0.2) is 39.5 Å². The van der Waals surface area contributed by atoms with E-state index in [2.05, 4.69) is 46.3 Å². The van der Waals surface area contributed by atoms with Crippen LogP contribution >= 0.6 is 15.9 Å². The fraction of sp³-hybridized carbons (Fsp3) is 0.529. The van der Waals surface area contributed by atoms with Gasteiger partial charge < -0.3 is 9.64 Å². The minimum absolute atomic E-state index is 0.223. The molecule has 0 aliphatic carbocycles. The predicted molar refractivity (Wildman–Crippen MR) is 93.5 cm³/mol. The summed E-state index contributed by atoms with van der Waals surface area (Å²) in [5, 5.41) is 5.76. The molecule has 0 saturated carbocycles. The van der Waals surface area contributed by atoms with Crippen LogP contribution in [0.2, 0.25) is 0 Å². The Bertz CT molecular complexity index is 703. The number of carbonyl (C=O) groups excluding carboxylic acids is 1. The molecular weight excluding hydrogens is 358 g/mol. The zero-order valence-corrected chi connectivity index (χ0v) is 15.6.